The second-order valence-electron chi connectivity index (χ2n) is 9.03. The number of carbonyl (C=O) groups excluding carboxylic acids is 1. The lowest BCUT2D eigenvalue weighted by Gasteiger charge is -2.30. The summed E-state index contributed by atoms with van der Waals surface area (Å²) in [5.41, 5.74) is 4.36. The van der Waals surface area contributed by atoms with Gasteiger partial charge in [0.2, 0.25) is 5.43 Å². The summed E-state index contributed by atoms with van der Waals surface area (Å²) in [6, 6.07) is 23.5. The third kappa shape index (κ3) is 4.39. The molecule has 0 aliphatic heterocycles. The van der Waals surface area contributed by atoms with Gasteiger partial charge >= 0.3 is 0 Å². The first-order valence-electron chi connectivity index (χ1n) is 11.7. The Morgan fingerprint density at radius 3 is 2.51 bits per heavy atom. The molecule has 0 saturated carbocycles. The first-order valence-corrected chi connectivity index (χ1v) is 11.7. The van der Waals surface area contributed by atoms with Gasteiger partial charge < -0.3 is 4.90 Å². The zero-order valence-corrected chi connectivity index (χ0v) is 19.7. The number of aromatic nitrogens is 2. The topological polar surface area (TPSA) is 55.2 Å². The van der Waals surface area contributed by atoms with Gasteiger partial charge in [0.05, 0.1) is 6.04 Å². The molecule has 0 radical (unpaired) electrons. The van der Waals surface area contributed by atoms with E-state index in [0.717, 1.165) is 29.5 Å². The maximum absolute atomic E-state index is 14.5. The van der Waals surface area contributed by atoms with E-state index in [1.165, 1.54) is 22.4 Å². The fraction of sp³-hybridized carbons (Fsp3) is 0.207. The van der Waals surface area contributed by atoms with Crippen LogP contribution in [-0.4, -0.2) is 20.6 Å². The molecule has 1 unspecified atom stereocenters. The fourth-order valence-corrected chi connectivity index (χ4v) is 4.77. The Kier molecular flexibility index (Phi) is 6.03. The molecule has 176 valence electrons. The quantitative estimate of drug-likeness (QED) is 0.399. The summed E-state index contributed by atoms with van der Waals surface area (Å²) in [4.78, 5) is 28.7. The van der Waals surface area contributed by atoms with Crippen LogP contribution in [0.3, 0.4) is 0 Å². The van der Waals surface area contributed by atoms with Crippen molar-refractivity contribution in [3.63, 3.8) is 0 Å². The van der Waals surface area contributed by atoms with E-state index >= 15 is 0 Å². The number of hydrogen-bond donors (Lipinski definition) is 0. The number of fused-ring (bicyclic) bond motifs is 1. The molecule has 1 amide bonds. The molecule has 0 N–H and O–H groups in total. The lowest BCUT2D eigenvalue weighted by molar-refractivity contribution is 0.0648. The fourth-order valence-electron chi connectivity index (χ4n) is 4.77. The lowest BCUT2D eigenvalue weighted by Crippen LogP contribution is -2.38. The number of para-hydroxylation sites is 1. The van der Waals surface area contributed by atoms with E-state index in [4.69, 9.17) is 0 Å². The van der Waals surface area contributed by atoms with Gasteiger partial charge in [0, 0.05) is 18.3 Å². The SMILES string of the molecule is Cc1ccc(CN(C(=O)c2nn(-c3ccccc3F)c(C)cc2=O)C2CCc3ccccc32)cc1. The average molecular weight is 468 g/mol. The summed E-state index contributed by atoms with van der Waals surface area (Å²) in [5, 5.41) is 4.38. The van der Waals surface area contributed by atoms with Crippen molar-refractivity contribution in [2.75, 3.05) is 0 Å². The van der Waals surface area contributed by atoms with Crippen LogP contribution in [0.1, 0.15) is 50.9 Å². The highest BCUT2D eigenvalue weighted by atomic mass is 19.1. The zero-order chi connectivity index (χ0) is 24.5. The second kappa shape index (κ2) is 9.29. The number of benzene rings is 3. The van der Waals surface area contributed by atoms with Gasteiger partial charge in [-0.25, -0.2) is 9.07 Å². The smallest absolute Gasteiger partial charge is 0.279 e. The molecule has 1 heterocycles. The first-order chi connectivity index (χ1) is 16.9. The number of nitrogens with zero attached hydrogens (tertiary/aromatic N) is 3. The van der Waals surface area contributed by atoms with Crippen LogP contribution >= 0.6 is 0 Å². The van der Waals surface area contributed by atoms with Crippen molar-refractivity contribution < 1.29 is 9.18 Å². The standard InChI is InChI=1S/C29H26FN3O2/c1-19-11-13-21(14-12-19)18-32(25-16-15-22-7-3-4-8-23(22)25)29(35)28-27(34)17-20(2)33(31-28)26-10-6-5-9-24(26)30/h3-14,17,25H,15-16,18H2,1-2H3. The van der Waals surface area contributed by atoms with Gasteiger partial charge in [0.15, 0.2) is 5.69 Å². The third-order valence-electron chi connectivity index (χ3n) is 6.60. The summed E-state index contributed by atoms with van der Waals surface area (Å²) in [6.45, 7) is 4.03. The highest BCUT2D eigenvalue weighted by Crippen LogP contribution is 2.37. The zero-order valence-electron chi connectivity index (χ0n) is 19.7. The lowest BCUT2D eigenvalue weighted by atomic mass is 10.0. The molecular weight excluding hydrogens is 441 g/mol. The summed E-state index contributed by atoms with van der Waals surface area (Å²) < 4.78 is 15.9. The Hall–Kier alpha value is -4.06. The molecule has 1 aliphatic carbocycles. The number of hydrogen-bond acceptors (Lipinski definition) is 3. The molecule has 0 saturated heterocycles. The molecule has 1 aromatic heterocycles. The molecule has 1 atom stereocenters. The van der Waals surface area contributed by atoms with Crippen LogP contribution in [0, 0.1) is 19.7 Å². The maximum atomic E-state index is 14.5. The maximum Gasteiger partial charge on any atom is 0.279 e. The van der Waals surface area contributed by atoms with Crippen LogP contribution in [-0.2, 0) is 13.0 Å². The Bertz CT molecular complexity index is 1460. The molecule has 4 aromatic rings. The van der Waals surface area contributed by atoms with Crippen molar-refractivity contribution in [1.29, 1.82) is 0 Å². The van der Waals surface area contributed by atoms with Crippen LogP contribution in [0.2, 0.25) is 0 Å². The molecular formula is C29H26FN3O2. The summed E-state index contributed by atoms with van der Waals surface area (Å²) in [7, 11) is 0. The van der Waals surface area contributed by atoms with E-state index < -0.39 is 17.2 Å². The Morgan fingerprint density at radius 2 is 1.74 bits per heavy atom. The number of halogens is 1. The first kappa shape index (κ1) is 22.7. The van der Waals surface area contributed by atoms with Crippen molar-refractivity contribution >= 4 is 5.91 Å². The van der Waals surface area contributed by atoms with E-state index in [2.05, 4.69) is 11.2 Å². The van der Waals surface area contributed by atoms with E-state index in [0.29, 0.717) is 12.2 Å². The van der Waals surface area contributed by atoms with Gasteiger partial charge in [0.25, 0.3) is 5.91 Å². The molecule has 0 bridgehead atoms. The number of amides is 1. The van der Waals surface area contributed by atoms with E-state index in [9.17, 15) is 14.0 Å². The minimum atomic E-state index is -0.480. The van der Waals surface area contributed by atoms with Gasteiger partial charge in [-0.3, -0.25) is 9.59 Å². The number of rotatable bonds is 5. The molecule has 1 aliphatic rings. The number of carbonyl (C=O) groups is 1. The minimum Gasteiger partial charge on any atom is -0.326 e. The van der Waals surface area contributed by atoms with E-state index in [1.54, 1.807) is 30.0 Å². The molecule has 6 heteroatoms. The molecule has 35 heavy (non-hydrogen) atoms. The summed E-state index contributed by atoms with van der Waals surface area (Å²) in [5.74, 6) is -0.936. The molecule has 5 rings (SSSR count). The van der Waals surface area contributed by atoms with Crippen molar-refractivity contribution in [2.24, 2.45) is 0 Å². The molecule has 0 fully saturated rings. The predicted molar refractivity (Wildman–Crippen MR) is 133 cm³/mol. The van der Waals surface area contributed by atoms with Gasteiger partial charge in [-0.2, -0.15) is 5.10 Å². The van der Waals surface area contributed by atoms with Gasteiger partial charge in [-0.1, -0.05) is 66.2 Å². The third-order valence-corrected chi connectivity index (χ3v) is 6.60. The normalized spacial score (nSPS) is 14.5. The average Bonchev–Trinajstić information content (AvgIpc) is 3.28. The van der Waals surface area contributed by atoms with Crippen LogP contribution in [0.25, 0.3) is 5.69 Å². The van der Waals surface area contributed by atoms with Gasteiger partial charge in [-0.15, -0.1) is 0 Å². The molecule has 0 spiro atoms. The Labute approximate surface area is 203 Å². The van der Waals surface area contributed by atoms with E-state index in [1.807, 2.05) is 49.4 Å². The minimum absolute atomic E-state index is 0.176. The van der Waals surface area contributed by atoms with Crippen molar-refractivity contribution in [3.05, 3.63) is 129 Å². The van der Waals surface area contributed by atoms with E-state index in [-0.39, 0.29) is 17.4 Å². The number of aryl methyl sites for hydroxylation is 3. The van der Waals surface area contributed by atoms with Crippen LogP contribution in [0.15, 0.2) is 83.7 Å². The largest absolute Gasteiger partial charge is 0.326 e. The van der Waals surface area contributed by atoms with Crippen molar-refractivity contribution in [1.82, 2.24) is 14.7 Å². The predicted octanol–water partition coefficient (Wildman–Crippen LogP) is 5.32. The Balaban J connectivity index is 1.60. The highest BCUT2D eigenvalue weighted by Gasteiger charge is 2.33. The van der Waals surface area contributed by atoms with Crippen LogP contribution in [0.5, 0.6) is 0 Å². The monoisotopic (exact) mass is 467 g/mol. The highest BCUT2D eigenvalue weighted by molar-refractivity contribution is 5.92. The summed E-state index contributed by atoms with van der Waals surface area (Å²) >= 11 is 0. The van der Waals surface area contributed by atoms with Gasteiger partial charge in [-0.05, 0) is 55.5 Å². The molecule has 3 aromatic carbocycles. The molecule has 5 nitrogen and oxygen atoms in total. The van der Waals surface area contributed by atoms with Crippen molar-refractivity contribution in [2.45, 2.75) is 39.3 Å². The van der Waals surface area contributed by atoms with Crippen LogP contribution < -0.4 is 5.43 Å². The van der Waals surface area contributed by atoms with Crippen molar-refractivity contribution in [3.8, 4) is 5.69 Å². The summed E-state index contributed by atoms with van der Waals surface area (Å²) in [6.07, 6.45) is 1.63. The van der Waals surface area contributed by atoms with Gasteiger partial charge in [0.1, 0.15) is 11.5 Å². The second-order valence-corrected chi connectivity index (χ2v) is 9.03. The van der Waals surface area contributed by atoms with Crippen LogP contribution in [0.4, 0.5) is 4.39 Å². The Morgan fingerprint density at radius 1 is 1.03 bits per heavy atom.